The van der Waals surface area contributed by atoms with Gasteiger partial charge in [-0.1, -0.05) is 17.3 Å². The van der Waals surface area contributed by atoms with Gasteiger partial charge in [0, 0.05) is 19.6 Å². The lowest BCUT2D eigenvalue weighted by Crippen LogP contribution is -2.37. The molecule has 1 aromatic carbocycles. The molecular formula is C16H19N5O2. The maximum atomic E-state index is 9.07. The van der Waals surface area contributed by atoms with Crippen LogP contribution in [0.15, 0.2) is 34.9 Å². The third-order valence-corrected chi connectivity index (χ3v) is 4.27. The van der Waals surface area contributed by atoms with Crippen LogP contribution in [0.1, 0.15) is 18.5 Å². The number of aromatic nitrogens is 4. The van der Waals surface area contributed by atoms with Crippen molar-refractivity contribution < 1.29 is 9.52 Å². The van der Waals surface area contributed by atoms with Gasteiger partial charge in [-0.25, -0.2) is 0 Å². The minimum absolute atomic E-state index is 0.0697. The Labute approximate surface area is 133 Å². The molecule has 1 N–H and O–H groups in total. The van der Waals surface area contributed by atoms with E-state index in [2.05, 4.69) is 20.2 Å². The maximum Gasteiger partial charge on any atom is 0.298 e. The van der Waals surface area contributed by atoms with Crippen molar-refractivity contribution in [1.29, 1.82) is 0 Å². The Hall–Kier alpha value is -2.41. The molecule has 2 aromatic heterocycles. The van der Waals surface area contributed by atoms with Gasteiger partial charge in [0.1, 0.15) is 11.2 Å². The predicted molar refractivity (Wildman–Crippen MR) is 84.9 cm³/mol. The van der Waals surface area contributed by atoms with Crippen LogP contribution < -0.4 is 4.90 Å². The van der Waals surface area contributed by atoms with Gasteiger partial charge < -0.3 is 14.4 Å². The van der Waals surface area contributed by atoms with E-state index in [0.717, 1.165) is 43.6 Å². The Morgan fingerprint density at radius 2 is 2.22 bits per heavy atom. The van der Waals surface area contributed by atoms with Gasteiger partial charge in [0.05, 0.1) is 12.8 Å². The van der Waals surface area contributed by atoms with Crippen LogP contribution >= 0.6 is 0 Å². The Morgan fingerprint density at radius 3 is 3.04 bits per heavy atom. The summed E-state index contributed by atoms with van der Waals surface area (Å²) in [7, 11) is 0. The molecule has 1 fully saturated rings. The van der Waals surface area contributed by atoms with E-state index in [-0.39, 0.29) is 6.61 Å². The highest BCUT2D eigenvalue weighted by atomic mass is 16.4. The number of aliphatic hydroxyl groups is 1. The molecule has 0 radical (unpaired) electrons. The molecule has 7 heteroatoms. The Morgan fingerprint density at radius 1 is 1.30 bits per heavy atom. The highest BCUT2D eigenvalue weighted by Crippen LogP contribution is 2.26. The summed E-state index contributed by atoms with van der Waals surface area (Å²) >= 11 is 0. The first-order valence-electron chi connectivity index (χ1n) is 7.92. The fourth-order valence-electron chi connectivity index (χ4n) is 3.15. The molecule has 0 bridgehead atoms. The zero-order valence-corrected chi connectivity index (χ0v) is 12.8. The van der Waals surface area contributed by atoms with Gasteiger partial charge in [-0.05, 0) is 30.9 Å². The van der Waals surface area contributed by atoms with Gasteiger partial charge in [-0.2, -0.15) is 4.98 Å². The van der Waals surface area contributed by atoms with Crippen molar-refractivity contribution in [2.75, 3.05) is 18.0 Å². The van der Waals surface area contributed by atoms with E-state index in [4.69, 9.17) is 9.52 Å². The molecule has 7 nitrogen and oxygen atoms in total. The smallest absolute Gasteiger partial charge is 0.298 e. The van der Waals surface area contributed by atoms with Crippen LogP contribution in [0.4, 0.5) is 6.01 Å². The van der Waals surface area contributed by atoms with E-state index in [1.807, 2.05) is 28.9 Å². The van der Waals surface area contributed by atoms with E-state index in [9.17, 15) is 0 Å². The number of aliphatic hydroxyl groups excluding tert-OH is 1. The summed E-state index contributed by atoms with van der Waals surface area (Å²) < 4.78 is 7.69. The van der Waals surface area contributed by atoms with Gasteiger partial charge in [0.15, 0.2) is 5.58 Å². The normalized spacial score (nSPS) is 18.7. The molecule has 1 aliphatic heterocycles. The third-order valence-electron chi connectivity index (χ3n) is 4.27. The summed E-state index contributed by atoms with van der Waals surface area (Å²) in [5.41, 5.74) is 2.33. The molecule has 3 aromatic rings. The zero-order valence-electron chi connectivity index (χ0n) is 12.8. The first-order chi connectivity index (χ1) is 11.3. The minimum Gasteiger partial charge on any atom is -0.423 e. The molecule has 120 valence electrons. The van der Waals surface area contributed by atoms with Crippen molar-refractivity contribution in [3.63, 3.8) is 0 Å². The first kappa shape index (κ1) is 14.2. The molecule has 1 atom stereocenters. The molecule has 1 aliphatic rings. The summed E-state index contributed by atoms with van der Waals surface area (Å²) in [5.74, 6) is 0.465. The Balaban J connectivity index is 1.47. The second-order valence-corrected chi connectivity index (χ2v) is 6.01. The quantitative estimate of drug-likeness (QED) is 0.791. The van der Waals surface area contributed by atoms with Crippen molar-refractivity contribution in [2.45, 2.75) is 26.0 Å². The second-order valence-electron chi connectivity index (χ2n) is 6.01. The van der Waals surface area contributed by atoms with Gasteiger partial charge in [0.25, 0.3) is 6.01 Å². The molecule has 0 amide bonds. The number of nitrogens with zero attached hydrogens (tertiary/aromatic N) is 5. The first-order valence-corrected chi connectivity index (χ1v) is 7.92. The lowest BCUT2D eigenvalue weighted by Gasteiger charge is -2.31. The Bertz CT molecular complexity index is 763. The SMILES string of the molecule is OCc1cn(C[C@@H]2CCCN(c3nc4ccccc4o3)C2)nn1. The number of piperidine rings is 1. The number of hydrogen-bond acceptors (Lipinski definition) is 6. The molecule has 0 unspecified atom stereocenters. The number of para-hydroxylation sites is 2. The highest BCUT2D eigenvalue weighted by molar-refractivity contribution is 5.74. The number of fused-ring (bicyclic) bond motifs is 1. The number of benzene rings is 1. The van der Waals surface area contributed by atoms with Gasteiger partial charge in [0.2, 0.25) is 0 Å². The summed E-state index contributed by atoms with van der Waals surface area (Å²) in [6.07, 6.45) is 4.05. The number of oxazole rings is 1. The van der Waals surface area contributed by atoms with Crippen molar-refractivity contribution >= 4 is 17.1 Å². The number of hydrogen-bond donors (Lipinski definition) is 1. The summed E-state index contributed by atoms with van der Waals surface area (Å²) in [4.78, 5) is 6.79. The Kier molecular flexibility index (Phi) is 3.70. The summed E-state index contributed by atoms with van der Waals surface area (Å²) in [6.45, 7) is 2.58. The van der Waals surface area contributed by atoms with E-state index < -0.39 is 0 Å². The fraction of sp³-hybridized carbons (Fsp3) is 0.438. The van der Waals surface area contributed by atoms with E-state index in [1.165, 1.54) is 0 Å². The number of anilines is 1. The zero-order chi connectivity index (χ0) is 15.6. The second kappa shape index (κ2) is 6.00. The monoisotopic (exact) mass is 313 g/mol. The van der Waals surface area contributed by atoms with Crippen LogP contribution in [0.2, 0.25) is 0 Å². The number of rotatable bonds is 4. The van der Waals surface area contributed by atoms with Crippen LogP contribution in [0, 0.1) is 5.92 Å². The largest absolute Gasteiger partial charge is 0.423 e. The maximum absolute atomic E-state index is 9.07. The van der Waals surface area contributed by atoms with Crippen molar-refractivity contribution in [1.82, 2.24) is 20.0 Å². The van der Waals surface area contributed by atoms with E-state index in [1.54, 1.807) is 6.20 Å². The predicted octanol–water partition coefficient (Wildman–Crippen LogP) is 1.83. The highest BCUT2D eigenvalue weighted by Gasteiger charge is 2.24. The summed E-state index contributed by atoms with van der Waals surface area (Å²) in [5, 5.41) is 17.1. The van der Waals surface area contributed by atoms with Crippen molar-refractivity contribution in [3.05, 3.63) is 36.2 Å². The van der Waals surface area contributed by atoms with Crippen molar-refractivity contribution in [2.24, 2.45) is 5.92 Å². The van der Waals surface area contributed by atoms with Gasteiger partial charge in [-0.3, -0.25) is 4.68 Å². The molecule has 0 spiro atoms. The fourth-order valence-corrected chi connectivity index (χ4v) is 3.15. The molecule has 23 heavy (non-hydrogen) atoms. The molecule has 4 rings (SSSR count). The lowest BCUT2D eigenvalue weighted by atomic mass is 9.98. The summed E-state index contributed by atoms with van der Waals surface area (Å²) in [6, 6.07) is 8.54. The minimum atomic E-state index is -0.0697. The average Bonchev–Trinajstić information content (AvgIpc) is 3.21. The third kappa shape index (κ3) is 2.92. The standard InChI is InChI=1S/C16H19N5O2/c22-11-13-10-21(19-18-13)9-12-4-3-7-20(8-12)16-17-14-5-1-2-6-15(14)23-16/h1-2,5-6,10,12,22H,3-4,7-9,11H2/t12-/m1/s1. The van der Waals surface area contributed by atoms with E-state index in [0.29, 0.717) is 17.6 Å². The van der Waals surface area contributed by atoms with Crippen LogP contribution in [-0.2, 0) is 13.2 Å². The molecule has 1 saturated heterocycles. The topological polar surface area (TPSA) is 80.2 Å². The van der Waals surface area contributed by atoms with E-state index >= 15 is 0 Å². The molecule has 3 heterocycles. The lowest BCUT2D eigenvalue weighted by molar-refractivity contribution is 0.276. The van der Waals surface area contributed by atoms with Crippen molar-refractivity contribution in [3.8, 4) is 0 Å². The molecular weight excluding hydrogens is 294 g/mol. The van der Waals surface area contributed by atoms with Crippen LogP contribution in [-0.4, -0.2) is 38.2 Å². The molecule has 0 aliphatic carbocycles. The van der Waals surface area contributed by atoms with Crippen LogP contribution in [0.5, 0.6) is 0 Å². The van der Waals surface area contributed by atoms with Gasteiger partial charge >= 0.3 is 0 Å². The molecule has 0 saturated carbocycles. The van der Waals surface area contributed by atoms with Gasteiger partial charge in [-0.15, -0.1) is 5.10 Å². The van der Waals surface area contributed by atoms with Crippen LogP contribution in [0.3, 0.4) is 0 Å². The van der Waals surface area contributed by atoms with Crippen LogP contribution in [0.25, 0.3) is 11.1 Å². The average molecular weight is 313 g/mol.